The van der Waals surface area contributed by atoms with Crippen molar-refractivity contribution in [2.24, 2.45) is 5.92 Å². The molecule has 2 rings (SSSR count). The second-order valence-electron chi connectivity index (χ2n) is 4.72. The molecule has 0 N–H and O–H groups in total. The van der Waals surface area contributed by atoms with Crippen LogP contribution in [0.4, 0.5) is 0 Å². The molecule has 0 amide bonds. The van der Waals surface area contributed by atoms with Crippen LogP contribution < -0.4 is 0 Å². The first-order chi connectivity index (χ1) is 8.37. The fourth-order valence-electron chi connectivity index (χ4n) is 1.84. The van der Waals surface area contributed by atoms with E-state index in [1.807, 2.05) is 26.0 Å². The summed E-state index contributed by atoms with van der Waals surface area (Å²) in [5.74, 6) is 0.208. The van der Waals surface area contributed by atoms with Gasteiger partial charge < -0.3 is 4.52 Å². The van der Waals surface area contributed by atoms with E-state index in [2.05, 4.69) is 21.1 Å². The minimum atomic E-state index is -3.14. The van der Waals surface area contributed by atoms with E-state index < -0.39 is 9.84 Å². The molecule has 0 saturated heterocycles. The summed E-state index contributed by atoms with van der Waals surface area (Å²) >= 11 is 3.33. The number of nitrogens with zero attached hydrogens (tertiary/aromatic N) is 1. The Morgan fingerprint density at radius 2 is 2.11 bits per heavy atom. The van der Waals surface area contributed by atoms with Crippen LogP contribution in [0.1, 0.15) is 19.5 Å². The molecule has 6 heteroatoms. The van der Waals surface area contributed by atoms with Gasteiger partial charge >= 0.3 is 0 Å². The first-order valence-electron chi connectivity index (χ1n) is 5.61. The number of hydrogen-bond acceptors (Lipinski definition) is 4. The molecule has 0 bridgehead atoms. The van der Waals surface area contributed by atoms with Crippen molar-refractivity contribution >= 4 is 36.7 Å². The van der Waals surface area contributed by atoms with Gasteiger partial charge in [0.05, 0.1) is 11.5 Å². The molecule has 0 fully saturated rings. The molecule has 1 aromatic heterocycles. The second kappa shape index (κ2) is 5.01. The smallest absolute Gasteiger partial charge is 0.168 e. The van der Waals surface area contributed by atoms with E-state index in [-0.39, 0.29) is 17.4 Å². The lowest BCUT2D eigenvalue weighted by molar-refractivity contribution is 0.448. The fourth-order valence-corrected chi connectivity index (χ4v) is 3.94. The van der Waals surface area contributed by atoms with E-state index in [0.717, 1.165) is 9.86 Å². The average molecular weight is 332 g/mol. The number of sulfone groups is 1. The van der Waals surface area contributed by atoms with Crippen LogP contribution in [0.5, 0.6) is 0 Å². The van der Waals surface area contributed by atoms with Crippen LogP contribution in [-0.4, -0.2) is 19.3 Å². The summed E-state index contributed by atoms with van der Waals surface area (Å²) < 4.78 is 29.9. The molecule has 1 aromatic carbocycles. The van der Waals surface area contributed by atoms with Crippen LogP contribution in [0.2, 0.25) is 0 Å². The van der Waals surface area contributed by atoms with Crippen molar-refractivity contribution in [1.29, 1.82) is 0 Å². The highest BCUT2D eigenvalue weighted by Gasteiger charge is 2.19. The highest BCUT2D eigenvalue weighted by atomic mass is 79.9. The van der Waals surface area contributed by atoms with E-state index in [0.29, 0.717) is 11.3 Å². The van der Waals surface area contributed by atoms with Crippen molar-refractivity contribution in [3.8, 4) is 0 Å². The van der Waals surface area contributed by atoms with Crippen molar-refractivity contribution in [1.82, 2.24) is 5.16 Å². The molecule has 0 spiro atoms. The molecule has 4 nitrogen and oxygen atoms in total. The highest BCUT2D eigenvalue weighted by molar-refractivity contribution is 9.10. The maximum absolute atomic E-state index is 11.9. The van der Waals surface area contributed by atoms with Gasteiger partial charge in [0.25, 0.3) is 0 Å². The lowest BCUT2D eigenvalue weighted by atomic mass is 10.2. The van der Waals surface area contributed by atoms with Gasteiger partial charge in [-0.1, -0.05) is 34.9 Å². The van der Waals surface area contributed by atoms with E-state index in [4.69, 9.17) is 4.52 Å². The molecule has 18 heavy (non-hydrogen) atoms. The summed E-state index contributed by atoms with van der Waals surface area (Å²) in [6.07, 6.45) is 0. The third kappa shape index (κ3) is 3.11. The minimum absolute atomic E-state index is 0.0696. The van der Waals surface area contributed by atoms with Crippen molar-refractivity contribution in [2.75, 3.05) is 5.75 Å². The molecule has 0 unspecified atom stereocenters. The van der Waals surface area contributed by atoms with Crippen LogP contribution >= 0.6 is 15.9 Å². The minimum Gasteiger partial charge on any atom is -0.356 e. The number of aromatic nitrogens is 1. The van der Waals surface area contributed by atoms with Gasteiger partial charge in [0.2, 0.25) is 0 Å². The topological polar surface area (TPSA) is 60.2 Å². The van der Waals surface area contributed by atoms with Crippen molar-refractivity contribution in [3.05, 3.63) is 28.4 Å². The molecule has 0 aliphatic carbocycles. The number of rotatable bonds is 4. The Balaban J connectivity index is 2.33. The SMILES string of the molecule is CC(C)CS(=O)(=O)Cc1noc2cc(Br)ccc12. The molecule has 0 radical (unpaired) electrons. The van der Waals surface area contributed by atoms with Gasteiger partial charge in [0.1, 0.15) is 5.69 Å². The molecule has 0 saturated carbocycles. The quantitative estimate of drug-likeness (QED) is 0.863. The third-order valence-electron chi connectivity index (χ3n) is 2.45. The van der Waals surface area contributed by atoms with Gasteiger partial charge in [0, 0.05) is 9.86 Å². The maximum Gasteiger partial charge on any atom is 0.168 e. The van der Waals surface area contributed by atoms with E-state index in [1.165, 1.54) is 0 Å². The summed E-state index contributed by atoms with van der Waals surface area (Å²) in [5.41, 5.74) is 1.08. The Bertz CT molecular complexity index is 661. The van der Waals surface area contributed by atoms with E-state index >= 15 is 0 Å². The third-order valence-corrected chi connectivity index (χ3v) is 4.83. The zero-order valence-corrected chi connectivity index (χ0v) is 12.6. The summed E-state index contributed by atoms with van der Waals surface area (Å²) in [7, 11) is -3.14. The van der Waals surface area contributed by atoms with Gasteiger partial charge in [-0.2, -0.15) is 0 Å². The summed E-state index contributed by atoms with van der Waals surface area (Å²) in [6.45, 7) is 3.77. The van der Waals surface area contributed by atoms with Gasteiger partial charge in [0.15, 0.2) is 15.4 Å². The van der Waals surface area contributed by atoms with Crippen molar-refractivity contribution in [2.45, 2.75) is 19.6 Å². The molecular formula is C12H14BrNO3S. The summed E-state index contributed by atoms with van der Waals surface area (Å²) in [6, 6.07) is 5.44. The first-order valence-corrected chi connectivity index (χ1v) is 8.23. The maximum atomic E-state index is 11.9. The Labute approximate surface area is 114 Å². The predicted molar refractivity (Wildman–Crippen MR) is 74.0 cm³/mol. The zero-order valence-electron chi connectivity index (χ0n) is 10.2. The lowest BCUT2D eigenvalue weighted by Crippen LogP contribution is -2.14. The first kappa shape index (κ1) is 13.5. The molecule has 1 heterocycles. The normalized spacial score (nSPS) is 12.4. The standard InChI is InChI=1S/C12H14BrNO3S/c1-8(2)6-18(15,16)7-11-10-4-3-9(13)5-12(10)17-14-11/h3-5,8H,6-7H2,1-2H3. The van der Waals surface area contributed by atoms with Gasteiger partial charge in [-0.25, -0.2) is 8.42 Å². The van der Waals surface area contributed by atoms with Crippen LogP contribution in [0.25, 0.3) is 11.0 Å². The average Bonchev–Trinajstić information content (AvgIpc) is 2.57. The fraction of sp³-hybridized carbons (Fsp3) is 0.417. The van der Waals surface area contributed by atoms with Gasteiger partial charge in [-0.15, -0.1) is 0 Å². The van der Waals surface area contributed by atoms with Crippen LogP contribution in [-0.2, 0) is 15.6 Å². The van der Waals surface area contributed by atoms with Crippen LogP contribution in [0, 0.1) is 5.92 Å². The zero-order chi connectivity index (χ0) is 13.3. The summed E-state index contributed by atoms with van der Waals surface area (Å²) in [4.78, 5) is 0. The highest BCUT2D eigenvalue weighted by Crippen LogP contribution is 2.24. The Morgan fingerprint density at radius 3 is 2.78 bits per heavy atom. The van der Waals surface area contributed by atoms with E-state index in [1.54, 1.807) is 6.07 Å². The summed E-state index contributed by atoms with van der Waals surface area (Å²) in [5, 5.41) is 4.61. The Hall–Kier alpha value is -0.880. The lowest BCUT2D eigenvalue weighted by Gasteiger charge is -2.04. The van der Waals surface area contributed by atoms with Crippen molar-refractivity contribution < 1.29 is 12.9 Å². The molecule has 0 aliphatic heterocycles. The number of fused-ring (bicyclic) bond motifs is 1. The molecule has 0 aliphatic rings. The van der Waals surface area contributed by atoms with Crippen LogP contribution in [0.15, 0.2) is 27.2 Å². The Morgan fingerprint density at radius 1 is 1.39 bits per heavy atom. The van der Waals surface area contributed by atoms with Gasteiger partial charge in [-0.05, 0) is 24.1 Å². The molecular weight excluding hydrogens is 318 g/mol. The van der Waals surface area contributed by atoms with Gasteiger partial charge in [-0.3, -0.25) is 0 Å². The van der Waals surface area contributed by atoms with Crippen molar-refractivity contribution in [3.63, 3.8) is 0 Å². The largest absolute Gasteiger partial charge is 0.356 e. The second-order valence-corrected chi connectivity index (χ2v) is 7.74. The molecule has 2 aromatic rings. The number of benzene rings is 1. The monoisotopic (exact) mass is 331 g/mol. The number of halogens is 1. The predicted octanol–water partition coefficient (Wildman–Crippen LogP) is 3.16. The number of hydrogen-bond donors (Lipinski definition) is 0. The Kier molecular flexibility index (Phi) is 3.77. The molecule has 0 atom stereocenters. The molecule has 98 valence electrons. The van der Waals surface area contributed by atoms with Crippen LogP contribution in [0.3, 0.4) is 0 Å². The van der Waals surface area contributed by atoms with E-state index in [9.17, 15) is 8.42 Å².